The summed E-state index contributed by atoms with van der Waals surface area (Å²) >= 11 is 5.70. The van der Waals surface area contributed by atoms with Crippen molar-refractivity contribution in [2.24, 2.45) is 0 Å². The fourth-order valence-corrected chi connectivity index (χ4v) is 1.97. The molecular formula is C11H12ClFN2O2. The topological polar surface area (TPSA) is 41.6 Å². The van der Waals surface area contributed by atoms with Crippen molar-refractivity contribution in [2.75, 3.05) is 25.1 Å². The summed E-state index contributed by atoms with van der Waals surface area (Å²) < 4.78 is 18.0. The monoisotopic (exact) mass is 258 g/mol. The standard InChI is InChI=1S/C11H12ClFN2O2/c1-14-5-8-6-17-11(16)15(8)7-2-3-10(13)9(12)4-7/h2-4,8,14H,5-6H2,1H3. The van der Waals surface area contributed by atoms with Crippen LogP contribution in [0, 0.1) is 5.82 Å². The molecule has 0 spiro atoms. The van der Waals surface area contributed by atoms with E-state index in [2.05, 4.69) is 5.32 Å². The Morgan fingerprint density at radius 2 is 2.41 bits per heavy atom. The third-order valence-corrected chi connectivity index (χ3v) is 2.87. The van der Waals surface area contributed by atoms with E-state index in [1.54, 1.807) is 7.05 Å². The van der Waals surface area contributed by atoms with E-state index in [4.69, 9.17) is 16.3 Å². The Morgan fingerprint density at radius 3 is 3.06 bits per heavy atom. The first-order valence-corrected chi connectivity index (χ1v) is 5.57. The van der Waals surface area contributed by atoms with Crippen LogP contribution in [0.3, 0.4) is 0 Å². The third kappa shape index (κ3) is 2.35. The summed E-state index contributed by atoms with van der Waals surface area (Å²) in [4.78, 5) is 13.1. The molecule has 4 nitrogen and oxygen atoms in total. The van der Waals surface area contributed by atoms with Crippen LogP contribution in [0.4, 0.5) is 14.9 Å². The first-order valence-electron chi connectivity index (χ1n) is 5.19. The molecule has 1 atom stereocenters. The number of cyclic esters (lactones) is 1. The number of hydrogen-bond donors (Lipinski definition) is 1. The molecule has 0 aromatic heterocycles. The van der Waals surface area contributed by atoms with Crippen molar-refractivity contribution in [2.45, 2.75) is 6.04 Å². The zero-order valence-electron chi connectivity index (χ0n) is 9.24. The first-order chi connectivity index (χ1) is 8.13. The normalized spacial score (nSPS) is 19.6. The van der Waals surface area contributed by atoms with Gasteiger partial charge in [-0.15, -0.1) is 0 Å². The number of anilines is 1. The maximum Gasteiger partial charge on any atom is 0.414 e. The lowest BCUT2D eigenvalue weighted by Crippen LogP contribution is -2.40. The lowest BCUT2D eigenvalue weighted by molar-refractivity contribution is 0.178. The maximum atomic E-state index is 13.0. The number of halogens is 2. The molecule has 0 aliphatic carbocycles. The Kier molecular flexibility index (Phi) is 3.49. The van der Waals surface area contributed by atoms with Crippen molar-refractivity contribution in [3.05, 3.63) is 29.0 Å². The number of nitrogens with zero attached hydrogens (tertiary/aromatic N) is 1. The molecule has 1 aliphatic rings. The highest BCUT2D eigenvalue weighted by atomic mass is 35.5. The summed E-state index contributed by atoms with van der Waals surface area (Å²) in [6, 6.07) is 4.07. The molecule has 1 aromatic carbocycles. The van der Waals surface area contributed by atoms with Crippen molar-refractivity contribution >= 4 is 23.4 Å². The van der Waals surface area contributed by atoms with E-state index in [9.17, 15) is 9.18 Å². The lowest BCUT2D eigenvalue weighted by atomic mass is 10.2. The molecule has 1 aliphatic heterocycles. The van der Waals surface area contributed by atoms with E-state index >= 15 is 0 Å². The molecule has 0 saturated carbocycles. The molecule has 1 heterocycles. The molecule has 92 valence electrons. The number of likely N-dealkylation sites (N-methyl/N-ethyl adjacent to an activating group) is 1. The summed E-state index contributed by atoms with van der Waals surface area (Å²) in [5.74, 6) is -0.506. The highest BCUT2D eigenvalue weighted by Gasteiger charge is 2.33. The van der Waals surface area contributed by atoms with Gasteiger partial charge in [-0.1, -0.05) is 11.6 Å². The summed E-state index contributed by atoms with van der Waals surface area (Å²) in [5, 5.41) is 2.97. The van der Waals surface area contributed by atoms with Gasteiger partial charge >= 0.3 is 6.09 Å². The van der Waals surface area contributed by atoms with Crippen molar-refractivity contribution in [3.8, 4) is 0 Å². The molecule has 1 saturated heterocycles. The second-order valence-electron chi connectivity index (χ2n) is 3.76. The predicted octanol–water partition coefficient (Wildman–Crippen LogP) is 2.02. The zero-order chi connectivity index (χ0) is 12.4. The fraction of sp³-hybridized carbons (Fsp3) is 0.364. The third-order valence-electron chi connectivity index (χ3n) is 2.58. The molecule has 1 amide bonds. The maximum absolute atomic E-state index is 13.0. The van der Waals surface area contributed by atoms with Gasteiger partial charge in [0, 0.05) is 12.2 Å². The van der Waals surface area contributed by atoms with E-state index in [-0.39, 0.29) is 11.1 Å². The number of carbonyl (C=O) groups excluding carboxylic acids is 1. The van der Waals surface area contributed by atoms with Gasteiger partial charge in [0.25, 0.3) is 0 Å². The number of carbonyl (C=O) groups is 1. The molecular weight excluding hydrogens is 247 g/mol. The zero-order valence-corrected chi connectivity index (χ0v) is 10.00. The number of nitrogens with one attached hydrogen (secondary N) is 1. The molecule has 0 radical (unpaired) electrons. The van der Waals surface area contributed by atoms with Gasteiger partial charge in [-0.2, -0.15) is 0 Å². The summed E-state index contributed by atoms with van der Waals surface area (Å²) in [6.07, 6.45) is -0.437. The minimum Gasteiger partial charge on any atom is -0.447 e. The summed E-state index contributed by atoms with van der Waals surface area (Å²) in [6.45, 7) is 0.912. The minimum atomic E-state index is -0.506. The molecule has 1 unspecified atom stereocenters. The fourth-order valence-electron chi connectivity index (χ4n) is 1.80. The predicted molar refractivity (Wildman–Crippen MR) is 63.0 cm³/mol. The quantitative estimate of drug-likeness (QED) is 0.902. The molecule has 6 heteroatoms. The van der Waals surface area contributed by atoms with Crippen LogP contribution in [-0.4, -0.2) is 32.3 Å². The number of amides is 1. The smallest absolute Gasteiger partial charge is 0.414 e. The van der Waals surface area contributed by atoms with Gasteiger partial charge in [0.2, 0.25) is 0 Å². The Balaban J connectivity index is 2.29. The highest BCUT2D eigenvalue weighted by Crippen LogP contribution is 2.27. The van der Waals surface area contributed by atoms with Crippen LogP contribution in [0.5, 0.6) is 0 Å². The van der Waals surface area contributed by atoms with Crippen LogP contribution >= 0.6 is 11.6 Å². The largest absolute Gasteiger partial charge is 0.447 e. The SMILES string of the molecule is CNCC1COC(=O)N1c1ccc(F)c(Cl)c1. The average molecular weight is 259 g/mol. The Labute approximate surface area is 103 Å². The second-order valence-corrected chi connectivity index (χ2v) is 4.16. The first kappa shape index (κ1) is 12.1. The van der Waals surface area contributed by atoms with Crippen molar-refractivity contribution < 1.29 is 13.9 Å². The minimum absolute atomic E-state index is 0.00888. The van der Waals surface area contributed by atoms with Gasteiger partial charge in [-0.3, -0.25) is 4.90 Å². The Hall–Kier alpha value is -1.33. The van der Waals surface area contributed by atoms with Crippen LogP contribution in [0.15, 0.2) is 18.2 Å². The van der Waals surface area contributed by atoms with Gasteiger partial charge < -0.3 is 10.1 Å². The Morgan fingerprint density at radius 1 is 1.65 bits per heavy atom. The molecule has 1 aromatic rings. The van der Waals surface area contributed by atoms with Gasteiger partial charge in [-0.05, 0) is 25.2 Å². The van der Waals surface area contributed by atoms with Gasteiger partial charge in [0.05, 0.1) is 11.1 Å². The lowest BCUT2D eigenvalue weighted by Gasteiger charge is -2.21. The van der Waals surface area contributed by atoms with Crippen LogP contribution in [0.1, 0.15) is 0 Å². The van der Waals surface area contributed by atoms with E-state index in [0.717, 1.165) is 0 Å². The van der Waals surface area contributed by atoms with Gasteiger partial charge in [0.1, 0.15) is 12.4 Å². The van der Waals surface area contributed by atoms with Crippen molar-refractivity contribution in [3.63, 3.8) is 0 Å². The highest BCUT2D eigenvalue weighted by molar-refractivity contribution is 6.31. The van der Waals surface area contributed by atoms with Gasteiger partial charge in [0.15, 0.2) is 0 Å². The number of rotatable bonds is 3. The van der Waals surface area contributed by atoms with Crippen LogP contribution in [0.2, 0.25) is 5.02 Å². The summed E-state index contributed by atoms with van der Waals surface area (Å²) in [7, 11) is 1.79. The Bertz CT molecular complexity index is 441. The molecule has 2 rings (SSSR count). The second kappa shape index (κ2) is 4.89. The average Bonchev–Trinajstić information content (AvgIpc) is 2.65. The van der Waals surface area contributed by atoms with Crippen molar-refractivity contribution in [1.82, 2.24) is 5.32 Å². The molecule has 0 bridgehead atoms. The number of ether oxygens (including phenoxy) is 1. The van der Waals surface area contributed by atoms with Gasteiger partial charge in [-0.25, -0.2) is 9.18 Å². The van der Waals surface area contributed by atoms with Crippen LogP contribution in [-0.2, 0) is 4.74 Å². The number of hydrogen-bond acceptors (Lipinski definition) is 3. The molecule has 1 fully saturated rings. The van der Waals surface area contributed by atoms with E-state index in [1.807, 2.05) is 0 Å². The van der Waals surface area contributed by atoms with E-state index in [0.29, 0.717) is 18.8 Å². The van der Waals surface area contributed by atoms with E-state index in [1.165, 1.54) is 23.1 Å². The van der Waals surface area contributed by atoms with Crippen LogP contribution < -0.4 is 10.2 Å². The molecule has 1 N–H and O–H groups in total. The number of benzene rings is 1. The van der Waals surface area contributed by atoms with Crippen molar-refractivity contribution in [1.29, 1.82) is 0 Å². The summed E-state index contributed by atoms with van der Waals surface area (Å²) in [5.41, 5.74) is 0.541. The van der Waals surface area contributed by atoms with Crippen LogP contribution in [0.25, 0.3) is 0 Å². The molecule has 17 heavy (non-hydrogen) atoms. The van der Waals surface area contributed by atoms with E-state index < -0.39 is 11.9 Å².